The number of amides is 1. The summed E-state index contributed by atoms with van der Waals surface area (Å²) in [5.74, 6) is -0.538. The summed E-state index contributed by atoms with van der Waals surface area (Å²) < 4.78 is 30.4. The van der Waals surface area contributed by atoms with E-state index in [1.807, 2.05) is 33.3 Å². The molecule has 0 rings (SSSR count). The molecule has 0 aliphatic rings. The average molecular weight is 1130 g/mol. The Labute approximate surface area is 490 Å². The van der Waals surface area contributed by atoms with Crippen LogP contribution in [0.2, 0.25) is 0 Å². The van der Waals surface area contributed by atoms with Gasteiger partial charge in [-0.2, -0.15) is 0 Å². The predicted molar refractivity (Wildman–Crippen MR) is 339 cm³/mol. The van der Waals surface area contributed by atoms with Crippen LogP contribution in [0.15, 0.2) is 60.8 Å². The quantitative estimate of drug-likeness (QED) is 0.0212. The van der Waals surface area contributed by atoms with Gasteiger partial charge in [0.2, 0.25) is 5.91 Å². The second-order valence-corrected chi connectivity index (χ2v) is 25.4. The molecule has 10 heteroatoms. The van der Waals surface area contributed by atoms with E-state index in [-0.39, 0.29) is 31.5 Å². The maximum atomic E-state index is 13.6. The van der Waals surface area contributed by atoms with Crippen molar-refractivity contribution >= 4 is 19.7 Å². The lowest BCUT2D eigenvalue weighted by molar-refractivity contribution is -0.870. The van der Waals surface area contributed by atoms with Gasteiger partial charge in [-0.3, -0.25) is 14.2 Å². The van der Waals surface area contributed by atoms with Crippen molar-refractivity contribution in [3.63, 3.8) is 0 Å². The number of phosphoric acid groups is 1. The lowest BCUT2D eigenvalue weighted by atomic mass is 10.0. The van der Waals surface area contributed by atoms with E-state index in [9.17, 15) is 19.0 Å². The van der Waals surface area contributed by atoms with E-state index in [0.717, 1.165) is 83.5 Å². The van der Waals surface area contributed by atoms with Crippen molar-refractivity contribution in [3.05, 3.63) is 60.8 Å². The summed E-state index contributed by atoms with van der Waals surface area (Å²) in [5, 5.41) is 3.04. The third-order valence-corrected chi connectivity index (χ3v) is 15.9. The third-order valence-electron chi connectivity index (χ3n) is 14.9. The van der Waals surface area contributed by atoms with Crippen LogP contribution in [0, 0.1) is 0 Å². The van der Waals surface area contributed by atoms with Crippen LogP contribution in [-0.2, 0) is 27.9 Å². The number of carbonyl (C=O) groups excluding carboxylic acids is 2. The standard InChI is InChI=1S/C69H129N2O7P/c1-7-10-13-16-19-22-25-27-29-31-33-34-35-36-38-40-42-44-47-50-53-56-59-62-69(73)78-67(60-57-54-51-48-45-24-21-18-15-12-9-3)66(65-77-79(74,75)76-64-63-71(4,5)6)70-68(72)61-58-55-52-49-46-43-41-39-37-32-30-28-26-23-20-17-14-11-8-2/h19-20,22-23,27-30,57,60,66-67H,7-18,21,24-26,31-56,58-59,61-65H2,1-6H3,(H-,70,72,74,75)/b22-19-,23-20-,29-27-,30-28-,60-57+. The zero-order valence-corrected chi connectivity index (χ0v) is 53.7. The molecule has 1 N–H and O–H groups in total. The minimum Gasteiger partial charge on any atom is -0.756 e. The number of esters is 1. The fourth-order valence-electron chi connectivity index (χ4n) is 9.70. The van der Waals surface area contributed by atoms with E-state index in [4.69, 9.17) is 13.8 Å². The highest BCUT2D eigenvalue weighted by molar-refractivity contribution is 7.45. The lowest BCUT2D eigenvalue weighted by Crippen LogP contribution is -2.47. The van der Waals surface area contributed by atoms with Crippen LogP contribution < -0.4 is 10.2 Å². The molecule has 0 radical (unpaired) electrons. The fourth-order valence-corrected chi connectivity index (χ4v) is 10.4. The van der Waals surface area contributed by atoms with Gasteiger partial charge in [0.05, 0.1) is 33.8 Å². The van der Waals surface area contributed by atoms with Crippen molar-refractivity contribution in [1.29, 1.82) is 0 Å². The van der Waals surface area contributed by atoms with Crippen LogP contribution >= 0.6 is 7.82 Å². The van der Waals surface area contributed by atoms with Crippen molar-refractivity contribution in [2.45, 2.75) is 328 Å². The summed E-state index contributed by atoms with van der Waals surface area (Å²) in [4.78, 5) is 40.1. The Balaban J connectivity index is 5.09. The number of hydrogen-bond donors (Lipinski definition) is 1. The molecular formula is C69H129N2O7P. The Morgan fingerprint density at radius 2 is 0.772 bits per heavy atom. The van der Waals surface area contributed by atoms with Crippen LogP contribution in [-0.4, -0.2) is 69.4 Å². The van der Waals surface area contributed by atoms with Crippen LogP contribution in [0.25, 0.3) is 0 Å². The highest BCUT2D eigenvalue weighted by Gasteiger charge is 2.27. The number of rotatable bonds is 61. The second kappa shape index (κ2) is 58.9. The number of carbonyl (C=O) groups is 2. The Morgan fingerprint density at radius 1 is 0.443 bits per heavy atom. The van der Waals surface area contributed by atoms with Gasteiger partial charge in [0, 0.05) is 12.8 Å². The van der Waals surface area contributed by atoms with Gasteiger partial charge >= 0.3 is 5.97 Å². The zero-order valence-electron chi connectivity index (χ0n) is 52.8. The summed E-state index contributed by atoms with van der Waals surface area (Å²) in [6, 6.07) is -0.891. The first-order valence-electron chi connectivity index (χ1n) is 33.6. The van der Waals surface area contributed by atoms with E-state index in [1.165, 1.54) is 199 Å². The van der Waals surface area contributed by atoms with Crippen LogP contribution in [0.4, 0.5) is 0 Å². The highest BCUT2D eigenvalue weighted by atomic mass is 31.2. The lowest BCUT2D eigenvalue weighted by Gasteiger charge is -2.30. The van der Waals surface area contributed by atoms with Gasteiger partial charge in [-0.15, -0.1) is 0 Å². The Bertz CT molecular complexity index is 1540. The summed E-state index contributed by atoms with van der Waals surface area (Å²) in [6.07, 6.45) is 74.8. The van der Waals surface area contributed by atoms with Gasteiger partial charge in [0.1, 0.15) is 19.3 Å². The molecule has 0 saturated heterocycles. The molecule has 0 bridgehead atoms. The van der Waals surface area contributed by atoms with E-state index < -0.39 is 20.0 Å². The zero-order chi connectivity index (χ0) is 57.9. The minimum absolute atomic E-state index is 0.0235. The molecule has 79 heavy (non-hydrogen) atoms. The normalized spacial score (nSPS) is 14.0. The molecule has 0 aromatic rings. The molecule has 0 aromatic heterocycles. The molecular weight excluding hydrogens is 1000 g/mol. The molecule has 0 aliphatic carbocycles. The average Bonchev–Trinajstić information content (AvgIpc) is 3.41. The molecule has 0 aromatic carbocycles. The molecule has 462 valence electrons. The topological polar surface area (TPSA) is 114 Å². The number of quaternary nitrogens is 1. The highest BCUT2D eigenvalue weighted by Crippen LogP contribution is 2.38. The molecule has 0 aliphatic heterocycles. The number of likely N-dealkylation sites (N-methyl/N-ethyl adjacent to an activating group) is 1. The monoisotopic (exact) mass is 1130 g/mol. The van der Waals surface area contributed by atoms with Gasteiger partial charge in [0.15, 0.2) is 0 Å². The fraction of sp³-hybridized carbons (Fsp3) is 0.826. The van der Waals surface area contributed by atoms with Crippen molar-refractivity contribution < 1.29 is 37.3 Å². The van der Waals surface area contributed by atoms with Crippen LogP contribution in [0.3, 0.4) is 0 Å². The number of phosphoric ester groups is 1. The number of nitrogens with zero attached hydrogens (tertiary/aromatic N) is 1. The molecule has 0 spiro atoms. The number of unbranched alkanes of at least 4 members (excludes halogenated alkanes) is 37. The molecule has 1 amide bonds. The molecule has 0 heterocycles. The third kappa shape index (κ3) is 60.1. The summed E-state index contributed by atoms with van der Waals surface area (Å²) in [7, 11) is 1.19. The Morgan fingerprint density at radius 3 is 1.16 bits per heavy atom. The molecule has 0 fully saturated rings. The van der Waals surface area contributed by atoms with Crippen molar-refractivity contribution in [1.82, 2.24) is 5.32 Å². The molecule has 9 nitrogen and oxygen atoms in total. The first-order chi connectivity index (χ1) is 38.4. The summed E-state index contributed by atoms with van der Waals surface area (Å²) >= 11 is 0. The van der Waals surface area contributed by atoms with Crippen molar-refractivity contribution in [3.8, 4) is 0 Å². The maximum Gasteiger partial charge on any atom is 0.306 e. The molecule has 3 atom stereocenters. The summed E-state index contributed by atoms with van der Waals surface area (Å²) in [6.45, 7) is 6.82. The van der Waals surface area contributed by atoms with Crippen LogP contribution in [0.5, 0.6) is 0 Å². The Kier molecular flexibility index (Phi) is 57.2. The first kappa shape index (κ1) is 76.7. The predicted octanol–water partition coefficient (Wildman–Crippen LogP) is 20.4. The SMILES string of the molecule is CCCCC/C=C\C/C=C\CCCCCCCCCCCCCCCC(=O)OC(/C=C/CCCCCCCCCCC)C(COP(=O)([O-])OCC[N+](C)(C)C)NC(=O)CCCCCCCCCCC/C=C\C/C=C\CCCCC. The number of allylic oxidation sites excluding steroid dienone is 9. The number of ether oxygens (including phenoxy) is 1. The van der Waals surface area contributed by atoms with Gasteiger partial charge < -0.3 is 28.5 Å². The second-order valence-electron chi connectivity index (χ2n) is 24.0. The van der Waals surface area contributed by atoms with Crippen molar-refractivity contribution in [2.75, 3.05) is 40.9 Å². The van der Waals surface area contributed by atoms with Crippen LogP contribution in [0.1, 0.15) is 316 Å². The van der Waals surface area contributed by atoms with Gasteiger partial charge in [-0.05, 0) is 96.0 Å². The Hall–Kier alpha value is -2.29. The smallest absolute Gasteiger partial charge is 0.306 e. The van der Waals surface area contributed by atoms with E-state index in [2.05, 4.69) is 74.7 Å². The maximum absolute atomic E-state index is 13.6. The van der Waals surface area contributed by atoms with E-state index >= 15 is 0 Å². The van der Waals surface area contributed by atoms with E-state index in [1.54, 1.807) is 0 Å². The molecule has 0 saturated carbocycles. The summed E-state index contributed by atoms with van der Waals surface area (Å²) in [5.41, 5.74) is 0. The molecule has 3 unspecified atom stereocenters. The number of nitrogens with one attached hydrogen (secondary N) is 1. The van der Waals surface area contributed by atoms with Crippen molar-refractivity contribution in [2.24, 2.45) is 0 Å². The largest absolute Gasteiger partial charge is 0.756 e. The first-order valence-corrected chi connectivity index (χ1v) is 35.1. The van der Waals surface area contributed by atoms with E-state index in [0.29, 0.717) is 17.4 Å². The van der Waals surface area contributed by atoms with Gasteiger partial charge in [0.25, 0.3) is 7.82 Å². The van der Waals surface area contributed by atoms with Gasteiger partial charge in [-0.1, -0.05) is 268 Å². The number of hydrogen-bond acceptors (Lipinski definition) is 7. The minimum atomic E-state index is -4.70. The van der Waals surface area contributed by atoms with Gasteiger partial charge in [-0.25, -0.2) is 0 Å².